The molecule has 6 nitrogen and oxygen atoms in total. The van der Waals surface area contributed by atoms with Gasteiger partial charge in [0.05, 0.1) is 17.2 Å². The minimum atomic E-state index is -0.418. The summed E-state index contributed by atoms with van der Waals surface area (Å²) in [7, 11) is 1.82. The molecule has 1 aliphatic heterocycles. The maximum absolute atomic E-state index is 12.7. The molecule has 0 bridgehead atoms. The van der Waals surface area contributed by atoms with Crippen LogP contribution in [0.25, 0.3) is 16.3 Å². The van der Waals surface area contributed by atoms with Crippen molar-refractivity contribution in [2.24, 2.45) is 0 Å². The number of benzene rings is 1. The maximum atomic E-state index is 12.7. The zero-order chi connectivity index (χ0) is 18.6. The van der Waals surface area contributed by atoms with E-state index in [1.807, 2.05) is 59.7 Å². The van der Waals surface area contributed by atoms with Crippen molar-refractivity contribution in [1.29, 1.82) is 0 Å². The second-order valence-corrected chi connectivity index (χ2v) is 7.47. The predicted octanol–water partition coefficient (Wildman–Crippen LogP) is 2.55. The molecule has 1 aliphatic rings. The highest BCUT2D eigenvalue weighted by atomic mass is 32.1. The maximum Gasteiger partial charge on any atom is 0.253 e. The number of hydrogen-bond donors (Lipinski definition) is 1. The van der Waals surface area contributed by atoms with Crippen LogP contribution < -0.4 is 5.32 Å². The van der Waals surface area contributed by atoms with Gasteiger partial charge >= 0.3 is 0 Å². The number of nitrogens with zero attached hydrogens (tertiary/aromatic N) is 3. The molecule has 1 fully saturated rings. The highest BCUT2D eigenvalue weighted by molar-refractivity contribution is 7.13. The van der Waals surface area contributed by atoms with Gasteiger partial charge in [0.2, 0.25) is 0 Å². The lowest BCUT2D eigenvalue weighted by Gasteiger charge is -2.27. The number of amides is 1. The third-order valence-electron chi connectivity index (χ3n) is 4.55. The fourth-order valence-electron chi connectivity index (χ4n) is 3.16. The highest BCUT2D eigenvalue weighted by Crippen LogP contribution is 2.28. The van der Waals surface area contributed by atoms with Crippen molar-refractivity contribution >= 4 is 17.2 Å². The molecule has 0 radical (unpaired) electrons. The van der Waals surface area contributed by atoms with Gasteiger partial charge in [-0.2, -0.15) is 5.10 Å². The Balaban J connectivity index is 1.60. The van der Waals surface area contributed by atoms with E-state index < -0.39 is 6.10 Å². The molecule has 4 rings (SSSR count). The third kappa shape index (κ3) is 3.95. The van der Waals surface area contributed by atoms with E-state index in [1.165, 1.54) is 0 Å². The lowest BCUT2D eigenvalue weighted by molar-refractivity contribution is -0.144. The van der Waals surface area contributed by atoms with Crippen molar-refractivity contribution in [2.75, 3.05) is 26.7 Å². The minimum Gasteiger partial charge on any atom is -0.366 e. The average molecular weight is 382 g/mol. The Morgan fingerprint density at radius 3 is 2.89 bits per heavy atom. The van der Waals surface area contributed by atoms with Gasteiger partial charge in [-0.05, 0) is 23.6 Å². The summed E-state index contributed by atoms with van der Waals surface area (Å²) in [5, 5.41) is 10.0. The van der Waals surface area contributed by atoms with Gasteiger partial charge in [-0.15, -0.1) is 11.3 Å². The number of morpholine rings is 1. The van der Waals surface area contributed by atoms with E-state index >= 15 is 0 Å². The first-order valence-electron chi connectivity index (χ1n) is 8.97. The predicted molar refractivity (Wildman–Crippen MR) is 106 cm³/mol. The number of carbonyl (C=O) groups is 1. The van der Waals surface area contributed by atoms with Crippen molar-refractivity contribution in [3.8, 4) is 16.3 Å². The van der Waals surface area contributed by atoms with Crippen LogP contribution in [0.4, 0.5) is 0 Å². The van der Waals surface area contributed by atoms with Crippen LogP contribution in [0.5, 0.6) is 0 Å². The van der Waals surface area contributed by atoms with Crippen molar-refractivity contribution in [3.63, 3.8) is 0 Å². The molecule has 1 amide bonds. The monoisotopic (exact) mass is 382 g/mol. The van der Waals surface area contributed by atoms with Gasteiger partial charge < -0.3 is 15.0 Å². The Bertz CT molecular complexity index is 886. The Hall–Kier alpha value is -2.48. The molecule has 0 spiro atoms. The van der Waals surface area contributed by atoms with E-state index in [9.17, 15) is 4.79 Å². The van der Waals surface area contributed by atoms with Crippen molar-refractivity contribution < 1.29 is 9.53 Å². The van der Waals surface area contributed by atoms with Crippen LogP contribution in [0, 0.1) is 0 Å². The van der Waals surface area contributed by atoms with Crippen LogP contribution in [0.2, 0.25) is 0 Å². The number of para-hydroxylation sites is 1. The van der Waals surface area contributed by atoms with Crippen LogP contribution >= 0.6 is 11.3 Å². The Kier molecular flexibility index (Phi) is 5.33. The quantitative estimate of drug-likeness (QED) is 0.737. The second-order valence-electron chi connectivity index (χ2n) is 6.52. The topological polar surface area (TPSA) is 59.4 Å². The van der Waals surface area contributed by atoms with E-state index in [1.54, 1.807) is 16.2 Å². The van der Waals surface area contributed by atoms with Crippen LogP contribution in [0.1, 0.15) is 5.56 Å². The molecule has 3 aromatic rings. The molecule has 2 aromatic heterocycles. The molecule has 1 saturated heterocycles. The second kappa shape index (κ2) is 8.04. The number of hydrogen-bond acceptors (Lipinski definition) is 5. The van der Waals surface area contributed by atoms with E-state index in [-0.39, 0.29) is 5.91 Å². The number of nitrogens with one attached hydrogen (secondary N) is 1. The van der Waals surface area contributed by atoms with Crippen molar-refractivity contribution in [2.45, 2.75) is 12.6 Å². The molecule has 7 heteroatoms. The van der Waals surface area contributed by atoms with Gasteiger partial charge in [0.25, 0.3) is 5.91 Å². The number of likely N-dealkylation sites (N-methyl/N-ethyl adjacent to an activating group) is 1. The molecular formula is C20H22N4O2S. The summed E-state index contributed by atoms with van der Waals surface area (Å²) < 4.78 is 7.48. The third-order valence-corrected chi connectivity index (χ3v) is 5.43. The van der Waals surface area contributed by atoms with E-state index in [0.29, 0.717) is 19.7 Å². The van der Waals surface area contributed by atoms with Gasteiger partial charge in [-0.25, -0.2) is 4.68 Å². The number of ether oxygens (including phenoxy) is 1. The van der Waals surface area contributed by atoms with Crippen molar-refractivity contribution in [3.05, 3.63) is 59.6 Å². The van der Waals surface area contributed by atoms with Crippen LogP contribution in [0.15, 0.2) is 54.0 Å². The summed E-state index contributed by atoms with van der Waals surface area (Å²) in [6, 6.07) is 14.1. The fraction of sp³-hybridized carbons (Fsp3) is 0.300. The highest BCUT2D eigenvalue weighted by Gasteiger charge is 2.26. The van der Waals surface area contributed by atoms with Gasteiger partial charge in [0.1, 0.15) is 11.8 Å². The molecule has 3 heterocycles. The molecule has 1 unspecified atom stereocenters. The first-order valence-corrected chi connectivity index (χ1v) is 9.85. The normalized spacial score (nSPS) is 17.0. The van der Waals surface area contributed by atoms with E-state index in [0.717, 1.165) is 28.4 Å². The first-order chi connectivity index (χ1) is 13.2. The summed E-state index contributed by atoms with van der Waals surface area (Å²) in [6.07, 6.45) is 1.59. The largest absolute Gasteiger partial charge is 0.366 e. The van der Waals surface area contributed by atoms with Crippen LogP contribution in [0.3, 0.4) is 0 Å². The first kappa shape index (κ1) is 17.9. The minimum absolute atomic E-state index is 0.00760. The molecule has 0 saturated carbocycles. The number of carbonyl (C=O) groups excluding carboxylic acids is 1. The number of aromatic nitrogens is 2. The summed E-state index contributed by atoms with van der Waals surface area (Å²) in [5.74, 6) is -0.00760. The molecule has 140 valence electrons. The summed E-state index contributed by atoms with van der Waals surface area (Å²) in [4.78, 5) is 15.5. The summed E-state index contributed by atoms with van der Waals surface area (Å²) in [5.41, 5.74) is 2.92. The van der Waals surface area contributed by atoms with Crippen molar-refractivity contribution in [1.82, 2.24) is 20.0 Å². The Morgan fingerprint density at radius 1 is 1.33 bits per heavy atom. The zero-order valence-electron chi connectivity index (χ0n) is 15.2. The molecule has 1 aromatic carbocycles. The van der Waals surface area contributed by atoms with Crippen LogP contribution in [-0.4, -0.2) is 53.4 Å². The molecule has 1 atom stereocenters. The summed E-state index contributed by atoms with van der Waals surface area (Å²) >= 11 is 1.65. The van der Waals surface area contributed by atoms with Gasteiger partial charge in [0.15, 0.2) is 0 Å². The lowest BCUT2D eigenvalue weighted by Crippen LogP contribution is -2.48. The molecule has 1 N–H and O–H groups in total. The fourth-order valence-corrected chi connectivity index (χ4v) is 3.91. The Labute approximate surface area is 162 Å². The van der Waals surface area contributed by atoms with E-state index in [2.05, 4.69) is 11.4 Å². The molecule has 0 aliphatic carbocycles. The van der Waals surface area contributed by atoms with Crippen LogP contribution in [-0.2, 0) is 16.1 Å². The van der Waals surface area contributed by atoms with Gasteiger partial charge in [-0.1, -0.05) is 24.3 Å². The van der Waals surface area contributed by atoms with Gasteiger partial charge in [-0.3, -0.25) is 4.79 Å². The Morgan fingerprint density at radius 2 is 2.19 bits per heavy atom. The molecule has 27 heavy (non-hydrogen) atoms. The van der Waals surface area contributed by atoms with E-state index in [4.69, 9.17) is 9.84 Å². The molecular weight excluding hydrogens is 360 g/mol. The SMILES string of the molecule is CN(Cc1cn(-c2ccccc2)nc1-c1cccs1)C(=O)C1CNCCO1. The summed E-state index contributed by atoms with van der Waals surface area (Å²) in [6.45, 7) is 2.40. The smallest absolute Gasteiger partial charge is 0.253 e. The number of thiophene rings is 1. The number of rotatable bonds is 5. The standard InChI is InChI=1S/C20H22N4O2S/c1-23(20(25)17-12-21-9-10-26-17)13-15-14-24(16-6-3-2-4-7-16)22-19(15)18-8-5-11-27-18/h2-8,11,14,17,21H,9-10,12-13H2,1H3. The zero-order valence-corrected chi connectivity index (χ0v) is 16.0. The average Bonchev–Trinajstić information content (AvgIpc) is 3.38. The lowest BCUT2D eigenvalue weighted by atomic mass is 10.2. The van der Waals surface area contributed by atoms with Gasteiger partial charge in [0, 0.05) is 38.4 Å².